The van der Waals surface area contributed by atoms with E-state index >= 15 is 0 Å². The number of halogens is 1. The molecule has 1 fully saturated rings. The minimum Gasteiger partial charge on any atom is -1.00 e. The molecule has 1 aromatic carbocycles. The van der Waals surface area contributed by atoms with Gasteiger partial charge in [-0.1, -0.05) is 0 Å². The number of ether oxygens (including phenoxy) is 3. The summed E-state index contributed by atoms with van der Waals surface area (Å²) in [5, 5.41) is 0. The van der Waals surface area contributed by atoms with Gasteiger partial charge in [-0.25, -0.2) is 8.42 Å². The van der Waals surface area contributed by atoms with Crippen molar-refractivity contribution in [2.45, 2.75) is 6.54 Å². The minimum absolute atomic E-state index is 0. The average molecular weight is 352 g/mol. The summed E-state index contributed by atoms with van der Waals surface area (Å²) in [6, 6.07) is 3.78. The molecule has 0 bridgehead atoms. The van der Waals surface area contributed by atoms with E-state index in [9.17, 15) is 8.42 Å². The Balaban J connectivity index is 0.00000242. The molecule has 0 radical (unpaired) electrons. The van der Waals surface area contributed by atoms with Crippen LogP contribution in [0.3, 0.4) is 0 Å². The second kappa shape index (κ2) is 7.89. The quantitative estimate of drug-likeness (QED) is 0.597. The van der Waals surface area contributed by atoms with Crippen molar-refractivity contribution < 1.29 is 39.9 Å². The predicted octanol–water partition coefficient (Wildman–Crippen LogP) is -3.47. The lowest BCUT2D eigenvalue weighted by Crippen LogP contribution is -3.13. The van der Waals surface area contributed by atoms with E-state index in [2.05, 4.69) is 0 Å². The molecule has 6 nitrogen and oxygen atoms in total. The molecule has 1 saturated heterocycles. The Kier molecular flexibility index (Phi) is 6.77. The van der Waals surface area contributed by atoms with Crippen molar-refractivity contribution >= 4 is 9.84 Å². The van der Waals surface area contributed by atoms with Crippen LogP contribution in [0.25, 0.3) is 0 Å². The zero-order valence-electron chi connectivity index (χ0n) is 13.0. The first-order chi connectivity index (χ1) is 10.0. The van der Waals surface area contributed by atoms with Gasteiger partial charge in [0, 0.05) is 0 Å². The topological polar surface area (TPSA) is 66.3 Å². The SMILES string of the molecule is COc1ccc(C[NH+]2CCS(=O)(=O)CC2)c(OC)c1OC.[Cl-]. The van der Waals surface area contributed by atoms with E-state index in [-0.39, 0.29) is 23.9 Å². The van der Waals surface area contributed by atoms with Gasteiger partial charge >= 0.3 is 0 Å². The normalized spacial score (nSPS) is 17.4. The Morgan fingerprint density at radius 1 is 1.00 bits per heavy atom. The Morgan fingerprint density at radius 2 is 1.59 bits per heavy atom. The molecule has 22 heavy (non-hydrogen) atoms. The van der Waals surface area contributed by atoms with E-state index in [1.54, 1.807) is 21.3 Å². The molecule has 0 atom stereocenters. The number of nitrogens with one attached hydrogen (secondary N) is 1. The van der Waals surface area contributed by atoms with Gasteiger partial charge in [0.2, 0.25) is 5.75 Å². The molecule has 0 amide bonds. The number of rotatable bonds is 5. The van der Waals surface area contributed by atoms with E-state index in [0.29, 0.717) is 36.9 Å². The number of hydrogen-bond donors (Lipinski definition) is 1. The molecule has 1 aliphatic heterocycles. The number of sulfone groups is 1. The van der Waals surface area contributed by atoms with Gasteiger partial charge in [0.25, 0.3) is 0 Å². The Bertz CT molecular complexity index is 591. The fourth-order valence-corrected chi connectivity index (χ4v) is 3.98. The van der Waals surface area contributed by atoms with Crippen LogP contribution in [0.1, 0.15) is 5.56 Å². The van der Waals surface area contributed by atoms with Crippen LogP contribution in [0.2, 0.25) is 0 Å². The standard InChI is InChI=1S/C14H21NO5S.ClH/c1-18-12-5-4-11(13(19-2)14(12)20-3)10-15-6-8-21(16,17)9-7-15;/h4-5H,6-10H2,1-3H3;1H. The lowest BCUT2D eigenvalue weighted by atomic mass is 10.1. The van der Waals surface area contributed by atoms with Crippen molar-refractivity contribution in [1.82, 2.24) is 0 Å². The summed E-state index contributed by atoms with van der Waals surface area (Å²) in [5.41, 5.74) is 0.990. The van der Waals surface area contributed by atoms with Gasteiger partial charge in [-0.3, -0.25) is 0 Å². The summed E-state index contributed by atoms with van der Waals surface area (Å²) < 4.78 is 39.0. The number of methoxy groups -OCH3 is 3. The third-order valence-electron chi connectivity index (χ3n) is 3.76. The fraction of sp³-hybridized carbons (Fsp3) is 0.571. The molecule has 0 aliphatic carbocycles. The molecule has 0 unspecified atom stereocenters. The molecule has 1 heterocycles. The highest BCUT2D eigenvalue weighted by Gasteiger charge is 2.26. The summed E-state index contributed by atoms with van der Waals surface area (Å²) in [4.78, 5) is 1.23. The third kappa shape index (κ3) is 4.18. The maximum atomic E-state index is 11.5. The van der Waals surface area contributed by atoms with Crippen molar-refractivity contribution in [2.24, 2.45) is 0 Å². The molecule has 1 aromatic rings. The van der Waals surface area contributed by atoms with E-state index < -0.39 is 9.84 Å². The minimum atomic E-state index is -2.84. The first-order valence-electron chi connectivity index (χ1n) is 6.82. The van der Waals surface area contributed by atoms with Gasteiger partial charge in [-0.15, -0.1) is 0 Å². The van der Waals surface area contributed by atoms with Gasteiger partial charge in [0.15, 0.2) is 21.3 Å². The molecule has 2 rings (SSSR count). The molecule has 0 saturated carbocycles. The van der Waals surface area contributed by atoms with Gasteiger partial charge in [-0.05, 0) is 12.1 Å². The maximum absolute atomic E-state index is 11.5. The van der Waals surface area contributed by atoms with Crippen molar-refractivity contribution in [3.05, 3.63) is 17.7 Å². The Morgan fingerprint density at radius 3 is 2.09 bits per heavy atom. The zero-order valence-corrected chi connectivity index (χ0v) is 14.6. The van der Waals surface area contributed by atoms with E-state index in [1.807, 2.05) is 12.1 Å². The first-order valence-corrected chi connectivity index (χ1v) is 8.64. The van der Waals surface area contributed by atoms with Crippen LogP contribution in [0, 0.1) is 0 Å². The Hall–Kier alpha value is -1.18. The number of quaternary nitrogens is 1. The number of hydrogen-bond acceptors (Lipinski definition) is 5. The third-order valence-corrected chi connectivity index (χ3v) is 5.41. The highest BCUT2D eigenvalue weighted by Crippen LogP contribution is 2.39. The molecular formula is C14H22ClNO5S. The highest BCUT2D eigenvalue weighted by atomic mass is 35.5. The molecular weight excluding hydrogens is 330 g/mol. The van der Waals surface area contributed by atoms with Crippen molar-refractivity contribution in [1.29, 1.82) is 0 Å². The Labute approximate surface area is 137 Å². The summed E-state index contributed by atoms with van der Waals surface area (Å²) in [6.07, 6.45) is 0. The summed E-state index contributed by atoms with van der Waals surface area (Å²) >= 11 is 0. The monoisotopic (exact) mass is 351 g/mol. The van der Waals surface area contributed by atoms with E-state index in [4.69, 9.17) is 14.2 Å². The zero-order chi connectivity index (χ0) is 15.5. The van der Waals surface area contributed by atoms with Gasteiger partial charge < -0.3 is 31.5 Å². The van der Waals surface area contributed by atoms with Crippen LogP contribution in [0.5, 0.6) is 17.2 Å². The van der Waals surface area contributed by atoms with E-state index in [1.165, 1.54) is 4.90 Å². The van der Waals surface area contributed by atoms with Crippen LogP contribution in [0.15, 0.2) is 12.1 Å². The fourth-order valence-electron chi connectivity index (χ4n) is 2.58. The molecule has 8 heteroatoms. The highest BCUT2D eigenvalue weighted by molar-refractivity contribution is 7.91. The van der Waals surface area contributed by atoms with Crippen LogP contribution < -0.4 is 31.5 Å². The van der Waals surface area contributed by atoms with Crippen molar-refractivity contribution in [3.63, 3.8) is 0 Å². The van der Waals surface area contributed by atoms with Crippen LogP contribution in [-0.4, -0.2) is 54.3 Å². The summed E-state index contributed by atoms with van der Waals surface area (Å²) in [6.45, 7) is 1.96. The van der Waals surface area contributed by atoms with E-state index in [0.717, 1.165) is 5.56 Å². The van der Waals surface area contributed by atoms with Crippen LogP contribution in [0.4, 0.5) is 0 Å². The maximum Gasteiger partial charge on any atom is 0.203 e. The van der Waals surface area contributed by atoms with Gasteiger partial charge in [0.05, 0.1) is 51.5 Å². The summed E-state index contributed by atoms with van der Waals surface area (Å²) in [7, 11) is 1.91. The second-order valence-electron chi connectivity index (χ2n) is 5.07. The van der Waals surface area contributed by atoms with Crippen molar-refractivity contribution in [2.75, 3.05) is 45.9 Å². The van der Waals surface area contributed by atoms with Crippen LogP contribution in [-0.2, 0) is 16.4 Å². The lowest BCUT2D eigenvalue weighted by Gasteiger charge is -2.25. The smallest absolute Gasteiger partial charge is 0.203 e. The largest absolute Gasteiger partial charge is 1.00 e. The van der Waals surface area contributed by atoms with Gasteiger partial charge in [0.1, 0.15) is 6.54 Å². The lowest BCUT2D eigenvalue weighted by molar-refractivity contribution is -0.910. The molecule has 0 spiro atoms. The predicted molar refractivity (Wildman–Crippen MR) is 79.2 cm³/mol. The first kappa shape index (κ1) is 18.9. The number of benzene rings is 1. The van der Waals surface area contributed by atoms with Crippen LogP contribution >= 0.6 is 0 Å². The average Bonchev–Trinajstić information content (AvgIpc) is 2.48. The van der Waals surface area contributed by atoms with Crippen molar-refractivity contribution in [3.8, 4) is 17.2 Å². The summed E-state index contributed by atoms with van der Waals surface area (Å²) in [5.74, 6) is 2.34. The second-order valence-corrected chi connectivity index (χ2v) is 7.38. The molecule has 1 aliphatic rings. The van der Waals surface area contributed by atoms with Gasteiger partial charge in [-0.2, -0.15) is 0 Å². The molecule has 1 N–H and O–H groups in total. The molecule has 0 aromatic heterocycles. The molecule has 126 valence electrons.